The molecule has 1 fully saturated rings. The van der Waals surface area contributed by atoms with E-state index in [1.54, 1.807) is 16.5 Å². The summed E-state index contributed by atoms with van der Waals surface area (Å²) in [6.45, 7) is 2.77. The first-order valence-electron chi connectivity index (χ1n) is 6.75. The van der Waals surface area contributed by atoms with Gasteiger partial charge in [0.05, 0.1) is 18.8 Å². The number of carbonyl (C=O) groups excluding carboxylic acids is 1. The molecule has 0 atom stereocenters. The highest BCUT2D eigenvalue weighted by Crippen LogP contribution is 2.24. The van der Waals surface area contributed by atoms with Gasteiger partial charge in [-0.2, -0.15) is 5.10 Å². The number of carboxylic acid groups (broad SMARTS) is 1. The van der Waals surface area contributed by atoms with Gasteiger partial charge in [0, 0.05) is 26.2 Å². The molecule has 116 valence electrons. The lowest BCUT2D eigenvalue weighted by Gasteiger charge is -2.46. The Balaban J connectivity index is 1.65. The number of amides is 2. The summed E-state index contributed by atoms with van der Waals surface area (Å²) in [5.41, 5.74) is 0.368. The number of urea groups is 1. The number of aromatic nitrogens is 2. The van der Waals surface area contributed by atoms with Crippen molar-refractivity contribution in [3.05, 3.63) is 18.0 Å². The van der Waals surface area contributed by atoms with E-state index in [0.717, 1.165) is 5.69 Å². The van der Waals surface area contributed by atoms with Crippen LogP contribution in [0.1, 0.15) is 12.6 Å². The largest absolute Gasteiger partial charge is 0.480 e. The van der Waals surface area contributed by atoms with Crippen molar-refractivity contribution in [2.75, 3.05) is 26.2 Å². The van der Waals surface area contributed by atoms with Gasteiger partial charge in [0.15, 0.2) is 0 Å². The maximum Gasteiger partial charge on any atom is 0.329 e. The Hall–Kier alpha value is -2.09. The van der Waals surface area contributed by atoms with E-state index in [-0.39, 0.29) is 12.6 Å². The van der Waals surface area contributed by atoms with Crippen LogP contribution in [0, 0.1) is 0 Å². The normalized spacial score (nSPS) is 16.4. The Kier molecular flexibility index (Phi) is 4.46. The Bertz CT molecular complexity index is 522. The SMILES string of the molecule is Cn1ccc(CCNC(=O)N2CC(C)(OCC(=O)O)C2)n1. The summed E-state index contributed by atoms with van der Waals surface area (Å²) in [5.74, 6) is -1.01. The predicted octanol–water partition coefficient (Wildman–Crippen LogP) is -0.152. The van der Waals surface area contributed by atoms with Crippen molar-refractivity contribution in [3.8, 4) is 0 Å². The maximum absolute atomic E-state index is 11.9. The third kappa shape index (κ3) is 4.19. The van der Waals surface area contributed by atoms with E-state index in [2.05, 4.69) is 10.4 Å². The van der Waals surface area contributed by atoms with Gasteiger partial charge >= 0.3 is 12.0 Å². The van der Waals surface area contributed by atoms with Crippen molar-refractivity contribution in [1.82, 2.24) is 20.0 Å². The van der Waals surface area contributed by atoms with Crippen LogP contribution in [-0.4, -0.2) is 63.6 Å². The number of aliphatic carboxylic acids is 1. The molecular weight excluding hydrogens is 276 g/mol. The molecule has 0 bridgehead atoms. The van der Waals surface area contributed by atoms with Gasteiger partial charge in [0.25, 0.3) is 0 Å². The second kappa shape index (κ2) is 6.13. The summed E-state index contributed by atoms with van der Waals surface area (Å²) < 4.78 is 6.97. The van der Waals surface area contributed by atoms with Crippen LogP contribution in [-0.2, 0) is 23.0 Å². The van der Waals surface area contributed by atoms with E-state index >= 15 is 0 Å². The van der Waals surface area contributed by atoms with Crippen LogP contribution in [0.4, 0.5) is 4.79 Å². The zero-order valence-electron chi connectivity index (χ0n) is 12.2. The number of hydrogen-bond acceptors (Lipinski definition) is 4. The summed E-state index contributed by atoms with van der Waals surface area (Å²) in [7, 11) is 1.85. The second-order valence-corrected chi connectivity index (χ2v) is 5.45. The molecule has 1 aromatic rings. The first-order chi connectivity index (χ1) is 9.88. The monoisotopic (exact) mass is 296 g/mol. The highest BCUT2D eigenvalue weighted by molar-refractivity contribution is 5.75. The predicted molar refractivity (Wildman–Crippen MR) is 73.9 cm³/mol. The summed E-state index contributed by atoms with van der Waals surface area (Å²) in [4.78, 5) is 23.9. The van der Waals surface area contributed by atoms with Crippen LogP contribution in [0.2, 0.25) is 0 Å². The molecule has 8 heteroatoms. The minimum atomic E-state index is -1.01. The van der Waals surface area contributed by atoms with Gasteiger partial charge in [-0.1, -0.05) is 0 Å². The van der Waals surface area contributed by atoms with Gasteiger partial charge in [-0.05, 0) is 13.0 Å². The molecule has 2 N–H and O–H groups in total. The molecule has 0 unspecified atom stereocenters. The minimum Gasteiger partial charge on any atom is -0.480 e. The van der Waals surface area contributed by atoms with Crippen LogP contribution < -0.4 is 5.32 Å². The van der Waals surface area contributed by atoms with Gasteiger partial charge in [0.2, 0.25) is 0 Å². The molecule has 1 aliphatic rings. The number of nitrogens with one attached hydrogen (secondary N) is 1. The van der Waals surface area contributed by atoms with E-state index in [0.29, 0.717) is 26.1 Å². The van der Waals surface area contributed by atoms with Crippen LogP contribution in [0.15, 0.2) is 12.3 Å². The fourth-order valence-electron chi connectivity index (χ4n) is 2.24. The van der Waals surface area contributed by atoms with Gasteiger partial charge in [-0.15, -0.1) is 0 Å². The van der Waals surface area contributed by atoms with Crippen LogP contribution >= 0.6 is 0 Å². The van der Waals surface area contributed by atoms with E-state index in [1.165, 1.54) is 0 Å². The highest BCUT2D eigenvalue weighted by Gasteiger charge is 2.42. The van der Waals surface area contributed by atoms with Crippen LogP contribution in [0.25, 0.3) is 0 Å². The number of rotatable bonds is 6. The van der Waals surface area contributed by atoms with Crippen LogP contribution in [0.3, 0.4) is 0 Å². The average molecular weight is 296 g/mol. The second-order valence-electron chi connectivity index (χ2n) is 5.45. The molecule has 21 heavy (non-hydrogen) atoms. The quantitative estimate of drug-likeness (QED) is 0.761. The molecule has 2 rings (SSSR count). The molecular formula is C13H20N4O4. The zero-order valence-corrected chi connectivity index (χ0v) is 12.2. The topological polar surface area (TPSA) is 96.7 Å². The minimum absolute atomic E-state index is 0.165. The summed E-state index contributed by atoms with van der Waals surface area (Å²) >= 11 is 0. The van der Waals surface area contributed by atoms with Gasteiger partial charge in [0.1, 0.15) is 12.2 Å². The van der Waals surface area contributed by atoms with Crippen molar-refractivity contribution in [2.45, 2.75) is 18.9 Å². The first kappa shape index (κ1) is 15.3. The molecule has 0 aromatic carbocycles. The third-order valence-corrected chi connectivity index (χ3v) is 3.31. The lowest BCUT2D eigenvalue weighted by molar-refractivity contribution is -0.159. The number of hydrogen-bond donors (Lipinski definition) is 2. The van der Waals surface area contributed by atoms with E-state index in [4.69, 9.17) is 9.84 Å². The van der Waals surface area contributed by atoms with Gasteiger partial charge < -0.3 is 20.1 Å². The molecule has 1 aliphatic heterocycles. The van der Waals surface area contributed by atoms with Crippen molar-refractivity contribution in [2.24, 2.45) is 7.05 Å². The summed E-state index contributed by atoms with van der Waals surface area (Å²) in [5, 5.41) is 15.6. The van der Waals surface area contributed by atoms with Gasteiger partial charge in [-0.25, -0.2) is 9.59 Å². The summed E-state index contributed by atoms with van der Waals surface area (Å²) in [6.07, 6.45) is 2.53. The smallest absolute Gasteiger partial charge is 0.329 e. The molecule has 0 saturated carbocycles. The van der Waals surface area contributed by atoms with Crippen molar-refractivity contribution >= 4 is 12.0 Å². The zero-order chi connectivity index (χ0) is 15.5. The molecule has 2 heterocycles. The Morgan fingerprint density at radius 2 is 2.24 bits per heavy atom. The number of ether oxygens (including phenoxy) is 1. The molecule has 0 aliphatic carbocycles. The maximum atomic E-state index is 11.9. The fraction of sp³-hybridized carbons (Fsp3) is 0.615. The lowest BCUT2D eigenvalue weighted by atomic mass is 9.97. The first-order valence-corrected chi connectivity index (χ1v) is 6.75. The van der Waals surface area contributed by atoms with E-state index < -0.39 is 11.6 Å². The number of likely N-dealkylation sites (tertiary alicyclic amines) is 1. The van der Waals surface area contributed by atoms with Crippen LogP contribution in [0.5, 0.6) is 0 Å². The number of nitrogens with zero attached hydrogens (tertiary/aromatic N) is 3. The molecule has 1 saturated heterocycles. The Labute approximate surface area is 122 Å². The third-order valence-electron chi connectivity index (χ3n) is 3.31. The summed E-state index contributed by atoms with van der Waals surface area (Å²) in [6, 6.07) is 1.74. The Morgan fingerprint density at radius 3 is 2.81 bits per heavy atom. The van der Waals surface area contributed by atoms with Crippen molar-refractivity contribution in [1.29, 1.82) is 0 Å². The molecule has 0 radical (unpaired) electrons. The molecule has 0 spiro atoms. The number of carbonyl (C=O) groups is 2. The van der Waals surface area contributed by atoms with Crippen molar-refractivity contribution in [3.63, 3.8) is 0 Å². The molecule has 2 amide bonds. The molecule has 1 aromatic heterocycles. The molecule has 8 nitrogen and oxygen atoms in total. The number of aryl methyl sites for hydroxylation is 1. The standard InChI is InChI=1S/C13H20N4O4/c1-13(21-7-11(18)19)8-17(9-13)12(20)14-5-3-10-4-6-16(2)15-10/h4,6H,3,5,7-9H2,1-2H3,(H,14,20)(H,18,19). The van der Waals surface area contributed by atoms with E-state index in [9.17, 15) is 9.59 Å². The Morgan fingerprint density at radius 1 is 1.52 bits per heavy atom. The average Bonchev–Trinajstić information content (AvgIpc) is 2.78. The fourth-order valence-corrected chi connectivity index (χ4v) is 2.24. The number of carboxylic acids is 1. The highest BCUT2D eigenvalue weighted by atomic mass is 16.5. The van der Waals surface area contributed by atoms with E-state index in [1.807, 2.05) is 19.3 Å². The lowest BCUT2D eigenvalue weighted by Crippen LogP contribution is -2.65. The van der Waals surface area contributed by atoms with Gasteiger partial charge in [-0.3, -0.25) is 4.68 Å². The van der Waals surface area contributed by atoms with Crippen molar-refractivity contribution < 1.29 is 19.4 Å².